The summed E-state index contributed by atoms with van der Waals surface area (Å²) in [5.41, 5.74) is 0. The van der Waals surface area contributed by atoms with Crippen LogP contribution in [0.25, 0.3) is 0 Å². The van der Waals surface area contributed by atoms with Crippen LogP contribution in [0.4, 0.5) is 0 Å². The van der Waals surface area contributed by atoms with Gasteiger partial charge < -0.3 is 10.4 Å². The Bertz CT molecular complexity index is 172. The number of nitrogens with one attached hydrogen (secondary N) is 1. The van der Waals surface area contributed by atoms with Crippen molar-refractivity contribution in [1.82, 2.24) is 5.32 Å². The molecule has 90 valence electrons. The summed E-state index contributed by atoms with van der Waals surface area (Å²) in [6.45, 7) is 6.79. The highest BCUT2D eigenvalue weighted by atomic mass is 16.3. The molecule has 0 radical (unpaired) electrons. The highest BCUT2D eigenvalue weighted by Gasteiger charge is 2.24. The molecule has 1 rings (SSSR count). The number of aliphatic hydroxyl groups is 1. The van der Waals surface area contributed by atoms with Crippen molar-refractivity contribution >= 4 is 0 Å². The molecule has 0 aromatic carbocycles. The lowest BCUT2D eigenvalue weighted by molar-refractivity contribution is 0.0842. The van der Waals surface area contributed by atoms with Gasteiger partial charge in [0.15, 0.2) is 0 Å². The summed E-state index contributed by atoms with van der Waals surface area (Å²) in [6.07, 6.45) is 6.95. The summed E-state index contributed by atoms with van der Waals surface area (Å²) in [7, 11) is 0. The maximum Gasteiger partial charge on any atom is 0.0693 e. The Morgan fingerprint density at radius 3 is 2.53 bits per heavy atom. The summed E-state index contributed by atoms with van der Waals surface area (Å²) < 4.78 is 0. The fourth-order valence-electron chi connectivity index (χ4n) is 2.51. The van der Waals surface area contributed by atoms with Crippen LogP contribution in [-0.2, 0) is 0 Å². The highest BCUT2D eigenvalue weighted by Crippen LogP contribution is 2.20. The number of hydrogen-bond acceptors (Lipinski definition) is 2. The lowest BCUT2D eigenvalue weighted by atomic mass is 9.91. The molecule has 2 N–H and O–H groups in total. The van der Waals surface area contributed by atoms with Gasteiger partial charge in [-0.1, -0.05) is 33.1 Å². The Morgan fingerprint density at radius 1 is 1.27 bits per heavy atom. The van der Waals surface area contributed by atoms with Crippen molar-refractivity contribution in [2.75, 3.05) is 0 Å². The number of rotatable bonds is 5. The lowest BCUT2D eigenvalue weighted by Gasteiger charge is -2.31. The molecule has 0 spiro atoms. The third kappa shape index (κ3) is 4.52. The average molecular weight is 213 g/mol. The minimum atomic E-state index is -0.113. The maximum atomic E-state index is 9.85. The first-order chi connectivity index (χ1) is 7.13. The minimum Gasteiger partial charge on any atom is -0.392 e. The summed E-state index contributed by atoms with van der Waals surface area (Å²) in [6, 6.07) is 0.885. The normalized spacial score (nSPS) is 31.2. The predicted molar refractivity (Wildman–Crippen MR) is 64.9 cm³/mol. The Labute approximate surface area is 94.5 Å². The molecule has 0 heterocycles. The Kier molecular flexibility index (Phi) is 5.62. The van der Waals surface area contributed by atoms with E-state index in [4.69, 9.17) is 0 Å². The van der Waals surface area contributed by atoms with E-state index in [1.807, 2.05) is 0 Å². The van der Waals surface area contributed by atoms with Crippen LogP contribution in [0.3, 0.4) is 0 Å². The van der Waals surface area contributed by atoms with E-state index in [9.17, 15) is 5.11 Å². The van der Waals surface area contributed by atoms with Gasteiger partial charge in [0, 0.05) is 12.1 Å². The first-order valence-corrected chi connectivity index (χ1v) is 6.57. The number of aliphatic hydroxyl groups excluding tert-OH is 1. The Balaban J connectivity index is 2.26. The molecule has 2 nitrogen and oxygen atoms in total. The molecule has 0 bridgehead atoms. The van der Waals surface area contributed by atoms with Crippen molar-refractivity contribution in [3.8, 4) is 0 Å². The van der Waals surface area contributed by atoms with Gasteiger partial charge in [-0.25, -0.2) is 0 Å². The summed E-state index contributed by atoms with van der Waals surface area (Å²) in [4.78, 5) is 0. The van der Waals surface area contributed by atoms with Gasteiger partial charge in [0.25, 0.3) is 0 Å². The van der Waals surface area contributed by atoms with Crippen LogP contribution in [0.15, 0.2) is 0 Å². The fraction of sp³-hybridized carbons (Fsp3) is 1.00. The fourth-order valence-corrected chi connectivity index (χ4v) is 2.51. The summed E-state index contributed by atoms with van der Waals surface area (Å²) in [5.74, 6) is 0.785. The van der Waals surface area contributed by atoms with Crippen LogP contribution in [0.1, 0.15) is 59.3 Å². The van der Waals surface area contributed by atoms with Gasteiger partial charge in [0.2, 0.25) is 0 Å². The molecule has 0 saturated heterocycles. The molecule has 0 aromatic rings. The van der Waals surface area contributed by atoms with E-state index in [2.05, 4.69) is 26.1 Å². The minimum absolute atomic E-state index is 0.113. The zero-order valence-electron chi connectivity index (χ0n) is 10.5. The third-order valence-corrected chi connectivity index (χ3v) is 3.68. The van der Waals surface area contributed by atoms with Crippen molar-refractivity contribution in [3.05, 3.63) is 0 Å². The zero-order chi connectivity index (χ0) is 11.3. The molecule has 0 aromatic heterocycles. The molecule has 2 unspecified atom stereocenters. The summed E-state index contributed by atoms with van der Waals surface area (Å²) in [5, 5.41) is 13.4. The quantitative estimate of drug-likeness (QED) is 0.736. The molecule has 0 aliphatic heterocycles. The molecular formula is C13H27NO. The molecular weight excluding hydrogens is 186 g/mol. The van der Waals surface area contributed by atoms with Crippen molar-refractivity contribution in [2.24, 2.45) is 5.92 Å². The molecule has 2 heteroatoms. The van der Waals surface area contributed by atoms with Crippen molar-refractivity contribution in [2.45, 2.75) is 77.5 Å². The van der Waals surface area contributed by atoms with E-state index in [-0.39, 0.29) is 6.10 Å². The Hall–Kier alpha value is -0.0800. The highest BCUT2D eigenvalue weighted by molar-refractivity contribution is 4.82. The topological polar surface area (TPSA) is 32.3 Å². The maximum absolute atomic E-state index is 9.85. The van der Waals surface area contributed by atoms with E-state index < -0.39 is 0 Å². The van der Waals surface area contributed by atoms with Gasteiger partial charge in [-0.2, -0.15) is 0 Å². The molecule has 4 atom stereocenters. The molecule has 1 aliphatic carbocycles. The smallest absolute Gasteiger partial charge is 0.0693 e. The number of hydrogen-bond donors (Lipinski definition) is 2. The SMILES string of the molecule is CCC(C)CC(C)N[C@@H]1CCCC[C@H]1O. The largest absolute Gasteiger partial charge is 0.392 e. The first kappa shape index (κ1) is 13.0. The third-order valence-electron chi connectivity index (χ3n) is 3.68. The van der Waals surface area contributed by atoms with Crippen LogP contribution in [0.5, 0.6) is 0 Å². The molecule has 1 saturated carbocycles. The van der Waals surface area contributed by atoms with Crippen LogP contribution in [0, 0.1) is 5.92 Å². The van der Waals surface area contributed by atoms with Gasteiger partial charge in [-0.3, -0.25) is 0 Å². The van der Waals surface area contributed by atoms with Crippen LogP contribution < -0.4 is 5.32 Å². The van der Waals surface area contributed by atoms with Gasteiger partial charge in [0.1, 0.15) is 0 Å². The lowest BCUT2D eigenvalue weighted by Crippen LogP contribution is -2.46. The van der Waals surface area contributed by atoms with Gasteiger partial charge >= 0.3 is 0 Å². The first-order valence-electron chi connectivity index (χ1n) is 6.57. The standard InChI is InChI=1S/C13H27NO/c1-4-10(2)9-11(3)14-12-7-5-6-8-13(12)15/h10-15H,4-9H2,1-3H3/t10?,11?,12-,13-/m1/s1. The molecule has 1 fully saturated rings. The second-order valence-electron chi connectivity index (χ2n) is 5.28. The predicted octanol–water partition coefficient (Wildman–Crippen LogP) is 2.70. The van der Waals surface area contributed by atoms with E-state index in [0.29, 0.717) is 12.1 Å². The van der Waals surface area contributed by atoms with Crippen molar-refractivity contribution < 1.29 is 5.11 Å². The van der Waals surface area contributed by atoms with Crippen LogP contribution >= 0.6 is 0 Å². The van der Waals surface area contributed by atoms with Crippen molar-refractivity contribution in [3.63, 3.8) is 0 Å². The average Bonchev–Trinajstić information content (AvgIpc) is 2.21. The van der Waals surface area contributed by atoms with E-state index in [0.717, 1.165) is 18.8 Å². The van der Waals surface area contributed by atoms with Gasteiger partial charge in [0.05, 0.1) is 6.10 Å². The Morgan fingerprint density at radius 2 is 1.93 bits per heavy atom. The second-order valence-corrected chi connectivity index (χ2v) is 5.28. The van der Waals surface area contributed by atoms with Crippen LogP contribution in [-0.4, -0.2) is 23.3 Å². The molecule has 15 heavy (non-hydrogen) atoms. The second kappa shape index (κ2) is 6.49. The van der Waals surface area contributed by atoms with Gasteiger partial charge in [-0.15, -0.1) is 0 Å². The van der Waals surface area contributed by atoms with Crippen LogP contribution in [0.2, 0.25) is 0 Å². The van der Waals surface area contributed by atoms with Gasteiger partial charge in [-0.05, 0) is 32.1 Å². The van der Waals surface area contributed by atoms with Crippen molar-refractivity contribution in [1.29, 1.82) is 0 Å². The zero-order valence-corrected chi connectivity index (χ0v) is 10.5. The van der Waals surface area contributed by atoms with E-state index >= 15 is 0 Å². The van der Waals surface area contributed by atoms with E-state index in [1.165, 1.54) is 25.7 Å². The van der Waals surface area contributed by atoms with E-state index in [1.54, 1.807) is 0 Å². The molecule has 1 aliphatic rings. The summed E-state index contributed by atoms with van der Waals surface area (Å²) >= 11 is 0. The molecule has 0 amide bonds. The monoisotopic (exact) mass is 213 g/mol.